The maximum Gasteiger partial charge on any atom is 0.137 e. The molecule has 3 heterocycles. The Morgan fingerprint density at radius 1 is 1.05 bits per heavy atom. The highest BCUT2D eigenvalue weighted by atomic mass is 32.2. The summed E-state index contributed by atoms with van der Waals surface area (Å²) in [4.78, 5) is 12.8. The SMILES string of the molecule is COc1cc(Cc2nccc(-c3ccc(OC4CCOCC4)c(C#N)c3)n2)ccc1SN(C)C1CCN(C)CC1.O.O. The second-order valence-corrected chi connectivity index (χ2v) is 11.6. The predicted octanol–water partition coefficient (Wildman–Crippen LogP) is 3.56. The van der Waals surface area contributed by atoms with Gasteiger partial charge in [-0.05, 0) is 93.9 Å². The lowest BCUT2D eigenvalue weighted by molar-refractivity contribution is 0.0254. The van der Waals surface area contributed by atoms with Crippen LogP contribution in [0.1, 0.15) is 42.6 Å². The predicted molar refractivity (Wildman–Crippen MR) is 164 cm³/mol. The van der Waals surface area contributed by atoms with Crippen molar-refractivity contribution in [2.75, 3.05) is 47.5 Å². The van der Waals surface area contributed by atoms with E-state index in [2.05, 4.69) is 52.6 Å². The molecule has 2 aliphatic rings. The third-order valence-electron chi connectivity index (χ3n) is 7.60. The molecule has 0 amide bonds. The van der Waals surface area contributed by atoms with E-state index in [1.54, 1.807) is 25.3 Å². The van der Waals surface area contributed by atoms with Gasteiger partial charge in [-0.15, -0.1) is 0 Å². The smallest absolute Gasteiger partial charge is 0.137 e. The number of nitriles is 1. The highest BCUT2D eigenvalue weighted by molar-refractivity contribution is 7.97. The molecule has 2 aromatic carbocycles. The van der Waals surface area contributed by atoms with Gasteiger partial charge in [-0.3, -0.25) is 0 Å². The van der Waals surface area contributed by atoms with Crippen LogP contribution in [-0.4, -0.2) is 89.8 Å². The first-order valence-electron chi connectivity index (χ1n) is 13.9. The molecule has 11 heteroatoms. The quantitative estimate of drug-likeness (QED) is 0.339. The minimum absolute atomic E-state index is 0. The highest BCUT2D eigenvalue weighted by Crippen LogP contribution is 2.35. The van der Waals surface area contributed by atoms with Crippen LogP contribution in [0, 0.1) is 11.3 Å². The summed E-state index contributed by atoms with van der Waals surface area (Å²) >= 11 is 1.75. The first-order chi connectivity index (χ1) is 19.5. The highest BCUT2D eigenvalue weighted by Gasteiger charge is 2.22. The van der Waals surface area contributed by atoms with Crippen LogP contribution >= 0.6 is 11.9 Å². The average molecular weight is 596 g/mol. The fourth-order valence-corrected chi connectivity index (χ4v) is 6.20. The Morgan fingerprint density at radius 3 is 2.52 bits per heavy atom. The van der Waals surface area contributed by atoms with Crippen LogP contribution < -0.4 is 9.47 Å². The van der Waals surface area contributed by atoms with Gasteiger partial charge in [0.05, 0.1) is 36.5 Å². The Balaban J connectivity index is 0.00000242. The van der Waals surface area contributed by atoms with E-state index < -0.39 is 0 Å². The number of benzene rings is 2. The first-order valence-corrected chi connectivity index (χ1v) is 14.7. The standard InChI is InChI=1S/C31H37N5O3S.2H2O/c1-35-14-9-25(10-15-35)36(2)40-30-7-4-22(18-29(30)37-3)19-31-33-13-8-27(34-31)23-5-6-28(24(20-23)21-32)39-26-11-16-38-17-12-26;;/h4-8,13,18,20,25-26H,9-12,14-17,19H2,1-3H3;2*1H2. The summed E-state index contributed by atoms with van der Waals surface area (Å²) < 4.78 is 19.7. The van der Waals surface area contributed by atoms with Gasteiger partial charge in [-0.2, -0.15) is 5.26 Å². The van der Waals surface area contributed by atoms with Crippen LogP contribution in [0.5, 0.6) is 11.5 Å². The molecule has 5 rings (SSSR count). The van der Waals surface area contributed by atoms with Crippen LogP contribution in [-0.2, 0) is 11.2 Å². The maximum absolute atomic E-state index is 9.77. The van der Waals surface area contributed by atoms with Crippen molar-refractivity contribution in [3.63, 3.8) is 0 Å². The average Bonchev–Trinajstić information content (AvgIpc) is 2.99. The number of likely N-dealkylation sites (tertiary alicyclic amines) is 1. The molecule has 0 atom stereocenters. The van der Waals surface area contributed by atoms with Gasteiger partial charge in [-0.1, -0.05) is 6.07 Å². The molecule has 1 aromatic heterocycles. The van der Waals surface area contributed by atoms with Gasteiger partial charge in [0.1, 0.15) is 29.5 Å². The van der Waals surface area contributed by atoms with Gasteiger partial charge in [0.25, 0.3) is 0 Å². The van der Waals surface area contributed by atoms with E-state index in [1.807, 2.05) is 24.3 Å². The van der Waals surface area contributed by atoms with E-state index in [0.717, 1.165) is 53.4 Å². The summed E-state index contributed by atoms with van der Waals surface area (Å²) in [5, 5.41) is 9.77. The lowest BCUT2D eigenvalue weighted by atomic mass is 10.1. The fourth-order valence-electron chi connectivity index (χ4n) is 5.17. The van der Waals surface area contributed by atoms with Crippen molar-refractivity contribution in [1.29, 1.82) is 5.26 Å². The van der Waals surface area contributed by atoms with Crippen molar-refractivity contribution in [2.24, 2.45) is 0 Å². The second kappa shape index (κ2) is 15.8. The number of ether oxygens (including phenoxy) is 3. The van der Waals surface area contributed by atoms with Gasteiger partial charge < -0.3 is 30.1 Å². The summed E-state index contributed by atoms with van der Waals surface area (Å²) in [6.07, 6.45) is 6.45. The van der Waals surface area contributed by atoms with Gasteiger partial charge >= 0.3 is 0 Å². The lowest BCUT2D eigenvalue weighted by Gasteiger charge is -2.34. The molecule has 2 fully saturated rings. The summed E-state index contributed by atoms with van der Waals surface area (Å²) in [5.74, 6) is 2.18. The van der Waals surface area contributed by atoms with Crippen LogP contribution in [0.25, 0.3) is 11.3 Å². The number of hydrogen-bond acceptors (Lipinski definition) is 9. The molecular weight excluding hydrogens is 554 g/mol. The van der Waals surface area contributed by atoms with Crippen molar-refractivity contribution in [3.05, 3.63) is 65.6 Å². The third-order valence-corrected chi connectivity index (χ3v) is 8.72. The molecule has 10 nitrogen and oxygen atoms in total. The van der Waals surface area contributed by atoms with E-state index in [-0.39, 0.29) is 17.1 Å². The molecule has 42 heavy (non-hydrogen) atoms. The van der Waals surface area contributed by atoms with Gasteiger partial charge in [0, 0.05) is 37.1 Å². The normalized spacial score (nSPS) is 16.3. The number of rotatable bonds is 9. The topological polar surface area (TPSA) is 147 Å². The monoisotopic (exact) mass is 595 g/mol. The van der Waals surface area contributed by atoms with E-state index in [0.29, 0.717) is 42.8 Å². The van der Waals surface area contributed by atoms with E-state index in [4.69, 9.17) is 19.2 Å². The molecular formula is C31H41N5O5S. The molecule has 0 saturated carbocycles. The zero-order valence-corrected chi connectivity index (χ0v) is 25.3. The Hall–Kier alpha value is -3.24. The Kier molecular flexibility index (Phi) is 12.5. The fraction of sp³-hybridized carbons (Fsp3) is 0.452. The van der Waals surface area contributed by atoms with E-state index in [9.17, 15) is 5.26 Å². The maximum atomic E-state index is 9.77. The van der Waals surface area contributed by atoms with Crippen molar-refractivity contribution in [3.8, 4) is 28.8 Å². The van der Waals surface area contributed by atoms with Crippen molar-refractivity contribution in [2.45, 2.75) is 49.1 Å². The minimum atomic E-state index is 0. The van der Waals surface area contributed by atoms with Crippen molar-refractivity contribution < 1.29 is 25.2 Å². The molecule has 4 N–H and O–H groups in total. The molecule has 0 unspecified atom stereocenters. The number of hydrogen-bond donors (Lipinski definition) is 0. The molecule has 0 radical (unpaired) electrons. The molecule has 2 aliphatic heterocycles. The van der Waals surface area contributed by atoms with E-state index >= 15 is 0 Å². The molecule has 3 aromatic rings. The summed E-state index contributed by atoms with van der Waals surface area (Å²) in [6.45, 7) is 3.65. The van der Waals surface area contributed by atoms with Crippen molar-refractivity contribution in [1.82, 2.24) is 19.2 Å². The number of aromatic nitrogens is 2. The van der Waals surface area contributed by atoms with Crippen molar-refractivity contribution >= 4 is 11.9 Å². The minimum Gasteiger partial charge on any atom is -0.496 e. The molecule has 226 valence electrons. The molecule has 0 aliphatic carbocycles. The molecule has 0 bridgehead atoms. The largest absolute Gasteiger partial charge is 0.496 e. The van der Waals surface area contributed by atoms with E-state index in [1.165, 1.54) is 12.8 Å². The van der Waals surface area contributed by atoms with Gasteiger partial charge in [0.15, 0.2) is 0 Å². The second-order valence-electron chi connectivity index (χ2n) is 10.4. The van der Waals surface area contributed by atoms with Crippen LogP contribution in [0.2, 0.25) is 0 Å². The van der Waals surface area contributed by atoms with Gasteiger partial charge in [-0.25, -0.2) is 14.3 Å². The Bertz CT molecular complexity index is 1340. The Morgan fingerprint density at radius 2 is 1.81 bits per heavy atom. The number of piperidine rings is 1. The zero-order chi connectivity index (χ0) is 27.9. The lowest BCUT2D eigenvalue weighted by Crippen LogP contribution is -2.39. The first kappa shape index (κ1) is 33.3. The molecule has 2 saturated heterocycles. The number of methoxy groups -OCH3 is 1. The van der Waals surface area contributed by atoms with Gasteiger partial charge in [0.2, 0.25) is 0 Å². The van der Waals surface area contributed by atoms with Crippen LogP contribution in [0.3, 0.4) is 0 Å². The van der Waals surface area contributed by atoms with Crippen LogP contribution in [0.15, 0.2) is 53.6 Å². The zero-order valence-electron chi connectivity index (χ0n) is 24.5. The summed E-state index contributed by atoms with van der Waals surface area (Å²) in [5.41, 5.74) is 3.23. The summed E-state index contributed by atoms with van der Waals surface area (Å²) in [7, 11) is 6.08. The Labute approximate surface area is 252 Å². The van der Waals surface area contributed by atoms with Crippen LogP contribution in [0.4, 0.5) is 0 Å². The third kappa shape index (κ3) is 8.41. The summed E-state index contributed by atoms with van der Waals surface area (Å²) in [6, 6.07) is 16.7. The molecule has 0 spiro atoms. The number of nitrogens with zero attached hydrogens (tertiary/aromatic N) is 5.